The summed E-state index contributed by atoms with van der Waals surface area (Å²) in [6.45, 7) is 2.25. The van der Waals surface area contributed by atoms with Gasteiger partial charge < -0.3 is 15.2 Å². The van der Waals surface area contributed by atoms with Crippen molar-refractivity contribution < 1.29 is 9.72 Å². The van der Waals surface area contributed by atoms with Crippen LogP contribution in [-0.2, 0) is 0 Å². The first-order valence-electron chi connectivity index (χ1n) is 7.18. The summed E-state index contributed by atoms with van der Waals surface area (Å²) in [5.74, 6) is -0.241. The van der Waals surface area contributed by atoms with Gasteiger partial charge in [-0.25, -0.2) is 0 Å². The summed E-state index contributed by atoms with van der Waals surface area (Å²) in [7, 11) is 0. The van der Waals surface area contributed by atoms with Crippen LogP contribution in [0.4, 0.5) is 5.69 Å². The SMILES string of the molecule is O=C(NCC1=CCNCC1)c1cc([N+](=O)[O-])cn1C1CC1. The van der Waals surface area contributed by atoms with Crippen molar-refractivity contribution >= 4 is 11.6 Å². The van der Waals surface area contributed by atoms with Crippen molar-refractivity contribution in [2.24, 2.45) is 0 Å². The van der Waals surface area contributed by atoms with E-state index in [0.29, 0.717) is 12.2 Å². The first-order valence-corrected chi connectivity index (χ1v) is 7.18. The molecule has 0 bridgehead atoms. The van der Waals surface area contributed by atoms with Gasteiger partial charge in [0.05, 0.1) is 11.1 Å². The molecule has 2 heterocycles. The largest absolute Gasteiger partial charge is 0.347 e. The monoisotopic (exact) mass is 290 g/mol. The van der Waals surface area contributed by atoms with Crippen LogP contribution < -0.4 is 10.6 Å². The van der Waals surface area contributed by atoms with E-state index in [0.717, 1.165) is 32.4 Å². The first kappa shape index (κ1) is 13.8. The van der Waals surface area contributed by atoms with E-state index in [-0.39, 0.29) is 17.6 Å². The average molecular weight is 290 g/mol. The van der Waals surface area contributed by atoms with Gasteiger partial charge in [0.15, 0.2) is 0 Å². The van der Waals surface area contributed by atoms with Gasteiger partial charge in [-0.1, -0.05) is 11.6 Å². The van der Waals surface area contributed by atoms with Gasteiger partial charge in [0.2, 0.25) is 0 Å². The summed E-state index contributed by atoms with van der Waals surface area (Å²) in [4.78, 5) is 22.7. The maximum atomic E-state index is 12.3. The molecule has 21 heavy (non-hydrogen) atoms. The van der Waals surface area contributed by atoms with Crippen LogP contribution in [0.2, 0.25) is 0 Å². The molecule has 2 aliphatic rings. The fraction of sp³-hybridized carbons (Fsp3) is 0.500. The van der Waals surface area contributed by atoms with E-state index < -0.39 is 4.92 Å². The molecule has 0 saturated heterocycles. The summed E-state index contributed by atoms with van der Waals surface area (Å²) in [5, 5.41) is 17.0. The number of carbonyl (C=O) groups excluding carboxylic acids is 1. The molecule has 0 radical (unpaired) electrons. The van der Waals surface area contributed by atoms with Crippen molar-refractivity contribution in [2.45, 2.75) is 25.3 Å². The highest BCUT2D eigenvalue weighted by atomic mass is 16.6. The quantitative estimate of drug-likeness (QED) is 0.487. The molecular formula is C14H18N4O3. The Morgan fingerprint density at radius 3 is 2.95 bits per heavy atom. The predicted molar refractivity (Wildman–Crippen MR) is 77.3 cm³/mol. The van der Waals surface area contributed by atoms with Crippen molar-refractivity contribution in [2.75, 3.05) is 19.6 Å². The van der Waals surface area contributed by atoms with Crippen molar-refractivity contribution in [1.82, 2.24) is 15.2 Å². The van der Waals surface area contributed by atoms with Gasteiger partial charge in [0.25, 0.3) is 11.6 Å². The number of rotatable bonds is 5. The molecule has 1 aliphatic heterocycles. The molecule has 1 aliphatic carbocycles. The summed E-state index contributed by atoms with van der Waals surface area (Å²) in [5.41, 5.74) is 1.56. The summed E-state index contributed by atoms with van der Waals surface area (Å²) in [6, 6.07) is 1.60. The number of hydrogen-bond donors (Lipinski definition) is 2. The van der Waals surface area contributed by atoms with Gasteiger partial charge in [0, 0.05) is 25.2 Å². The molecule has 7 nitrogen and oxygen atoms in total. The van der Waals surface area contributed by atoms with E-state index in [9.17, 15) is 14.9 Å². The molecule has 0 unspecified atom stereocenters. The second kappa shape index (κ2) is 5.69. The van der Waals surface area contributed by atoms with Crippen LogP contribution in [0.25, 0.3) is 0 Å². The molecular weight excluding hydrogens is 272 g/mol. The van der Waals surface area contributed by atoms with Crippen molar-refractivity contribution in [3.05, 3.63) is 39.7 Å². The van der Waals surface area contributed by atoms with Crippen molar-refractivity contribution in [3.63, 3.8) is 0 Å². The molecule has 1 aromatic rings. The second-order valence-electron chi connectivity index (χ2n) is 5.48. The molecule has 0 atom stereocenters. The third-order valence-electron chi connectivity index (χ3n) is 3.85. The molecule has 1 saturated carbocycles. The molecule has 0 aromatic carbocycles. The zero-order valence-electron chi connectivity index (χ0n) is 11.7. The Hall–Kier alpha value is -2.15. The van der Waals surface area contributed by atoms with Gasteiger partial charge in [-0.3, -0.25) is 14.9 Å². The maximum Gasteiger partial charge on any atom is 0.287 e. The highest BCUT2D eigenvalue weighted by Gasteiger charge is 2.30. The fourth-order valence-electron chi connectivity index (χ4n) is 2.52. The number of carbonyl (C=O) groups is 1. The number of nitrogens with zero attached hydrogens (tertiary/aromatic N) is 2. The summed E-state index contributed by atoms with van der Waals surface area (Å²) < 4.78 is 1.74. The molecule has 1 amide bonds. The zero-order chi connectivity index (χ0) is 14.8. The van der Waals surface area contributed by atoms with Gasteiger partial charge in [-0.15, -0.1) is 0 Å². The molecule has 7 heteroatoms. The number of nitrogens with one attached hydrogen (secondary N) is 2. The van der Waals surface area contributed by atoms with Crippen molar-refractivity contribution in [3.8, 4) is 0 Å². The minimum atomic E-state index is -0.453. The van der Waals surface area contributed by atoms with Crippen LogP contribution >= 0.6 is 0 Å². The summed E-state index contributed by atoms with van der Waals surface area (Å²) in [6.07, 6.45) is 6.42. The Morgan fingerprint density at radius 2 is 2.33 bits per heavy atom. The standard InChI is InChI=1S/C14H18N4O3/c19-14(16-8-10-3-5-15-6-4-10)13-7-12(18(20)21)9-17(13)11-1-2-11/h3,7,9,11,15H,1-2,4-6,8H2,(H,16,19). The Bertz CT molecular complexity index is 601. The molecule has 2 N–H and O–H groups in total. The average Bonchev–Trinajstić information content (AvgIpc) is 3.24. The lowest BCUT2D eigenvalue weighted by Gasteiger charge is -2.15. The predicted octanol–water partition coefficient (Wildman–Crippen LogP) is 1.38. The van der Waals surface area contributed by atoms with Crippen LogP contribution in [-0.4, -0.2) is 35.0 Å². The Kier molecular flexibility index (Phi) is 3.74. The van der Waals surface area contributed by atoms with E-state index in [2.05, 4.69) is 16.7 Å². The summed E-state index contributed by atoms with van der Waals surface area (Å²) >= 11 is 0. The van der Waals surface area contributed by atoms with Crippen LogP contribution in [0.1, 0.15) is 35.8 Å². The highest BCUT2D eigenvalue weighted by molar-refractivity contribution is 5.93. The minimum absolute atomic E-state index is 0.0202. The third-order valence-corrected chi connectivity index (χ3v) is 3.85. The van der Waals surface area contributed by atoms with E-state index in [1.54, 1.807) is 4.57 Å². The zero-order valence-corrected chi connectivity index (χ0v) is 11.7. The van der Waals surface area contributed by atoms with Crippen LogP contribution in [0.3, 0.4) is 0 Å². The first-order chi connectivity index (χ1) is 10.1. The molecule has 1 aromatic heterocycles. The van der Waals surface area contributed by atoms with Crippen LogP contribution in [0, 0.1) is 10.1 Å². The van der Waals surface area contributed by atoms with Crippen LogP contribution in [0.15, 0.2) is 23.9 Å². The second-order valence-corrected chi connectivity index (χ2v) is 5.48. The Balaban J connectivity index is 1.71. The smallest absolute Gasteiger partial charge is 0.287 e. The Morgan fingerprint density at radius 1 is 1.52 bits per heavy atom. The number of nitro groups is 1. The van der Waals surface area contributed by atoms with Gasteiger partial charge in [-0.05, 0) is 25.8 Å². The van der Waals surface area contributed by atoms with Gasteiger partial charge in [-0.2, -0.15) is 0 Å². The number of hydrogen-bond acceptors (Lipinski definition) is 4. The number of amides is 1. The fourth-order valence-corrected chi connectivity index (χ4v) is 2.52. The van der Waals surface area contributed by atoms with E-state index in [1.165, 1.54) is 17.8 Å². The van der Waals surface area contributed by atoms with Crippen molar-refractivity contribution in [1.29, 1.82) is 0 Å². The third kappa shape index (κ3) is 3.13. The topological polar surface area (TPSA) is 89.2 Å². The molecule has 112 valence electrons. The molecule has 0 spiro atoms. The lowest BCUT2D eigenvalue weighted by Crippen LogP contribution is -2.30. The van der Waals surface area contributed by atoms with E-state index >= 15 is 0 Å². The normalized spacial score (nSPS) is 18.2. The van der Waals surface area contributed by atoms with Gasteiger partial charge >= 0.3 is 0 Å². The highest BCUT2D eigenvalue weighted by Crippen LogP contribution is 2.37. The molecule has 3 rings (SSSR count). The lowest BCUT2D eigenvalue weighted by molar-refractivity contribution is -0.384. The molecule has 1 fully saturated rings. The van der Waals surface area contributed by atoms with Gasteiger partial charge in [0.1, 0.15) is 5.69 Å². The van der Waals surface area contributed by atoms with E-state index in [1.807, 2.05) is 0 Å². The minimum Gasteiger partial charge on any atom is -0.347 e. The maximum absolute atomic E-state index is 12.3. The number of aromatic nitrogens is 1. The Labute approximate surface area is 122 Å². The lowest BCUT2D eigenvalue weighted by atomic mass is 10.1. The van der Waals surface area contributed by atoms with E-state index in [4.69, 9.17) is 0 Å². The van der Waals surface area contributed by atoms with Crippen LogP contribution in [0.5, 0.6) is 0 Å².